The van der Waals surface area contributed by atoms with Crippen molar-refractivity contribution in [1.82, 2.24) is 10.2 Å². The molecule has 1 amide bonds. The fourth-order valence-electron chi connectivity index (χ4n) is 3.39. The first-order valence-electron chi connectivity index (χ1n) is 10.2. The first-order valence-corrected chi connectivity index (χ1v) is 10.2. The van der Waals surface area contributed by atoms with Gasteiger partial charge in [-0.15, -0.1) is 0 Å². The minimum Gasteiger partial charge on any atom is -0.497 e. The largest absolute Gasteiger partial charge is 0.497 e. The number of hydrogen-bond donors (Lipinski definition) is 1. The smallest absolute Gasteiger partial charge is 0.251 e. The molecule has 1 atom stereocenters. The van der Waals surface area contributed by atoms with E-state index in [1.165, 1.54) is 0 Å². The normalized spacial score (nSPS) is 15.5. The molecule has 1 fully saturated rings. The minimum absolute atomic E-state index is 0.0842. The molecule has 0 radical (unpaired) electrons. The van der Waals surface area contributed by atoms with Crippen molar-refractivity contribution in [3.63, 3.8) is 0 Å². The number of morpholine rings is 1. The second-order valence-electron chi connectivity index (χ2n) is 7.02. The van der Waals surface area contributed by atoms with Gasteiger partial charge in [0.2, 0.25) is 0 Å². The molecule has 0 aliphatic carbocycles. The zero-order valence-electron chi connectivity index (χ0n) is 17.2. The Bertz CT molecular complexity index is 755. The van der Waals surface area contributed by atoms with Crippen LogP contribution in [0.3, 0.4) is 0 Å². The standard InChI is InChI=1S/C23H30N2O4/c1-3-14-29-21-10-6-19(7-11-21)23(26)24-17-22(25-12-15-28-16-13-25)18-4-8-20(27-2)9-5-18/h4-11,22H,3,12-17H2,1-2H3,(H,24,26). The number of carbonyl (C=O) groups is 1. The van der Waals surface area contributed by atoms with E-state index in [9.17, 15) is 4.79 Å². The van der Waals surface area contributed by atoms with Gasteiger partial charge in [0.05, 0.1) is 33.0 Å². The van der Waals surface area contributed by atoms with Gasteiger partial charge in [-0.1, -0.05) is 19.1 Å². The molecule has 1 saturated heterocycles. The van der Waals surface area contributed by atoms with Gasteiger partial charge in [0.1, 0.15) is 11.5 Å². The summed E-state index contributed by atoms with van der Waals surface area (Å²) in [6.07, 6.45) is 0.955. The first kappa shape index (κ1) is 21.1. The summed E-state index contributed by atoms with van der Waals surface area (Å²) in [5, 5.41) is 3.09. The van der Waals surface area contributed by atoms with Crippen LogP contribution in [-0.4, -0.2) is 57.4 Å². The third-order valence-electron chi connectivity index (χ3n) is 5.03. The van der Waals surface area contributed by atoms with Crippen molar-refractivity contribution in [2.75, 3.05) is 46.6 Å². The average molecular weight is 399 g/mol. The van der Waals surface area contributed by atoms with Gasteiger partial charge in [-0.05, 0) is 48.4 Å². The third kappa shape index (κ3) is 5.95. The molecule has 1 heterocycles. The van der Waals surface area contributed by atoms with Crippen LogP contribution in [0.5, 0.6) is 11.5 Å². The van der Waals surface area contributed by atoms with E-state index in [0.29, 0.717) is 31.9 Å². The number of benzene rings is 2. The molecule has 1 aliphatic heterocycles. The van der Waals surface area contributed by atoms with Crippen LogP contribution in [0.15, 0.2) is 48.5 Å². The molecule has 6 heteroatoms. The number of ether oxygens (including phenoxy) is 3. The minimum atomic E-state index is -0.0844. The number of nitrogens with zero attached hydrogens (tertiary/aromatic N) is 1. The third-order valence-corrected chi connectivity index (χ3v) is 5.03. The van der Waals surface area contributed by atoms with Gasteiger partial charge in [0.15, 0.2) is 0 Å². The molecule has 29 heavy (non-hydrogen) atoms. The fraction of sp³-hybridized carbons (Fsp3) is 0.435. The van der Waals surface area contributed by atoms with Crippen molar-refractivity contribution in [2.24, 2.45) is 0 Å². The maximum absolute atomic E-state index is 12.7. The number of rotatable bonds is 9. The van der Waals surface area contributed by atoms with Gasteiger partial charge in [-0.25, -0.2) is 0 Å². The van der Waals surface area contributed by atoms with Gasteiger partial charge in [0, 0.05) is 25.2 Å². The van der Waals surface area contributed by atoms with E-state index in [1.54, 1.807) is 19.2 Å². The number of nitrogens with one attached hydrogen (secondary N) is 1. The highest BCUT2D eigenvalue weighted by Gasteiger charge is 2.23. The van der Waals surface area contributed by atoms with Crippen molar-refractivity contribution in [1.29, 1.82) is 0 Å². The number of amides is 1. The molecule has 0 bridgehead atoms. The summed E-state index contributed by atoms with van der Waals surface area (Å²) >= 11 is 0. The van der Waals surface area contributed by atoms with E-state index in [2.05, 4.69) is 29.3 Å². The highest BCUT2D eigenvalue weighted by Crippen LogP contribution is 2.24. The Balaban J connectivity index is 1.66. The zero-order valence-corrected chi connectivity index (χ0v) is 17.2. The van der Waals surface area contributed by atoms with Crippen LogP contribution < -0.4 is 14.8 Å². The Morgan fingerprint density at radius 2 is 1.72 bits per heavy atom. The molecule has 1 aliphatic rings. The average Bonchev–Trinajstić information content (AvgIpc) is 2.79. The van der Waals surface area contributed by atoms with Crippen LogP contribution in [0.4, 0.5) is 0 Å². The molecular weight excluding hydrogens is 368 g/mol. The molecule has 6 nitrogen and oxygen atoms in total. The summed E-state index contributed by atoms with van der Waals surface area (Å²) in [7, 11) is 1.66. The van der Waals surface area contributed by atoms with Gasteiger partial charge in [-0.3, -0.25) is 9.69 Å². The van der Waals surface area contributed by atoms with Gasteiger partial charge in [0.25, 0.3) is 5.91 Å². The Morgan fingerprint density at radius 3 is 2.34 bits per heavy atom. The molecule has 2 aromatic rings. The summed E-state index contributed by atoms with van der Waals surface area (Å²) in [6, 6.07) is 15.4. The molecule has 3 rings (SSSR count). The van der Waals surface area contributed by atoms with Crippen molar-refractivity contribution < 1.29 is 19.0 Å². The van der Waals surface area contributed by atoms with Crippen molar-refractivity contribution in [3.8, 4) is 11.5 Å². The molecule has 0 spiro atoms. The number of carbonyl (C=O) groups excluding carboxylic acids is 1. The second-order valence-corrected chi connectivity index (χ2v) is 7.02. The van der Waals surface area contributed by atoms with E-state index in [4.69, 9.17) is 14.2 Å². The SMILES string of the molecule is CCCOc1ccc(C(=O)NCC(c2ccc(OC)cc2)N2CCOCC2)cc1. The molecule has 0 saturated carbocycles. The quantitative estimate of drug-likeness (QED) is 0.702. The molecule has 2 aromatic carbocycles. The summed E-state index contributed by atoms with van der Waals surface area (Å²) in [6.45, 7) is 6.37. The monoisotopic (exact) mass is 398 g/mol. The van der Waals surface area contributed by atoms with Crippen LogP contribution in [0.1, 0.15) is 35.3 Å². The lowest BCUT2D eigenvalue weighted by molar-refractivity contribution is 0.0162. The lowest BCUT2D eigenvalue weighted by atomic mass is 10.0. The van der Waals surface area contributed by atoms with E-state index < -0.39 is 0 Å². The maximum Gasteiger partial charge on any atom is 0.251 e. The second kappa shape index (κ2) is 10.8. The van der Waals surface area contributed by atoms with Crippen LogP contribution in [0, 0.1) is 0 Å². The molecule has 0 aromatic heterocycles. The zero-order chi connectivity index (χ0) is 20.5. The molecular formula is C23H30N2O4. The summed E-state index contributed by atoms with van der Waals surface area (Å²) in [4.78, 5) is 15.0. The predicted octanol–water partition coefficient (Wildman–Crippen LogP) is 3.29. The van der Waals surface area contributed by atoms with Gasteiger partial charge in [-0.2, -0.15) is 0 Å². The lowest BCUT2D eigenvalue weighted by Crippen LogP contribution is -2.43. The molecule has 1 unspecified atom stereocenters. The summed E-state index contributed by atoms with van der Waals surface area (Å²) in [5.41, 5.74) is 1.78. The molecule has 156 valence electrons. The molecule has 1 N–H and O–H groups in total. The van der Waals surface area contributed by atoms with Gasteiger partial charge < -0.3 is 19.5 Å². The topological polar surface area (TPSA) is 60.0 Å². The Hall–Kier alpha value is -2.57. The van der Waals surface area contributed by atoms with Crippen LogP contribution in [-0.2, 0) is 4.74 Å². The summed E-state index contributed by atoms with van der Waals surface area (Å²) < 4.78 is 16.4. The predicted molar refractivity (Wildman–Crippen MR) is 113 cm³/mol. The van der Waals surface area contributed by atoms with Crippen molar-refractivity contribution >= 4 is 5.91 Å². The Morgan fingerprint density at radius 1 is 1.07 bits per heavy atom. The van der Waals surface area contributed by atoms with E-state index >= 15 is 0 Å². The van der Waals surface area contributed by atoms with Crippen LogP contribution in [0.2, 0.25) is 0 Å². The van der Waals surface area contributed by atoms with Crippen molar-refractivity contribution in [3.05, 3.63) is 59.7 Å². The van der Waals surface area contributed by atoms with Gasteiger partial charge >= 0.3 is 0 Å². The maximum atomic E-state index is 12.7. The first-order chi connectivity index (χ1) is 14.2. The number of hydrogen-bond acceptors (Lipinski definition) is 5. The van der Waals surface area contributed by atoms with Crippen LogP contribution in [0.25, 0.3) is 0 Å². The Labute approximate surface area is 172 Å². The number of methoxy groups -OCH3 is 1. The lowest BCUT2D eigenvalue weighted by Gasteiger charge is -2.35. The highest BCUT2D eigenvalue weighted by molar-refractivity contribution is 5.94. The van der Waals surface area contributed by atoms with E-state index in [-0.39, 0.29) is 11.9 Å². The van der Waals surface area contributed by atoms with Crippen molar-refractivity contribution in [2.45, 2.75) is 19.4 Å². The van der Waals surface area contributed by atoms with E-state index in [0.717, 1.165) is 36.6 Å². The fourth-order valence-corrected chi connectivity index (χ4v) is 3.39. The summed E-state index contributed by atoms with van der Waals surface area (Å²) in [5.74, 6) is 1.52. The van der Waals surface area contributed by atoms with Crippen LogP contribution >= 0.6 is 0 Å². The highest BCUT2D eigenvalue weighted by atomic mass is 16.5. The Kier molecular flexibility index (Phi) is 7.90. The van der Waals surface area contributed by atoms with E-state index in [1.807, 2.05) is 24.3 Å².